The maximum absolute atomic E-state index is 11.2. The Kier molecular flexibility index (Phi) is 3.16. The largest absolute Gasteiger partial charge is 0.354 e. The lowest BCUT2D eigenvalue weighted by Gasteiger charge is -2.05. The van der Waals surface area contributed by atoms with Crippen LogP contribution < -0.4 is 5.32 Å². The molecule has 1 amide bonds. The quantitative estimate of drug-likeness (QED) is 0.483. The highest BCUT2D eigenvalue weighted by molar-refractivity contribution is 5.83. The van der Waals surface area contributed by atoms with E-state index in [0.29, 0.717) is 13.0 Å². The monoisotopic (exact) mass is 161 g/mol. The standard InChI is InChI=1S/C10H11NO/c1-2-3-8-11-10(12)9-6-4-5-7-9/h1,4-7,9H,3,8H2,(H,11,12). The van der Waals surface area contributed by atoms with Crippen molar-refractivity contribution in [2.75, 3.05) is 6.54 Å². The molecule has 0 heterocycles. The molecule has 1 aliphatic carbocycles. The van der Waals surface area contributed by atoms with E-state index in [1.807, 2.05) is 24.3 Å². The molecule has 0 aromatic rings. The first kappa shape index (κ1) is 8.61. The Balaban J connectivity index is 2.25. The number of carbonyl (C=O) groups is 1. The number of nitrogens with one attached hydrogen (secondary N) is 1. The van der Waals surface area contributed by atoms with Crippen molar-refractivity contribution in [3.8, 4) is 12.3 Å². The summed E-state index contributed by atoms with van der Waals surface area (Å²) in [7, 11) is 0. The molecule has 0 fully saturated rings. The number of hydrogen-bond donors (Lipinski definition) is 1. The van der Waals surface area contributed by atoms with Gasteiger partial charge in [-0.3, -0.25) is 4.79 Å². The molecule has 0 aromatic carbocycles. The summed E-state index contributed by atoms with van der Waals surface area (Å²) in [6, 6.07) is 0. The molecule has 0 radical (unpaired) electrons. The topological polar surface area (TPSA) is 29.1 Å². The molecule has 12 heavy (non-hydrogen) atoms. The van der Waals surface area contributed by atoms with Crippen molar-refractivity contribution in [2.45, 2.75) is 6.42 Å². The van der Waals surface area contributed by atoms with Gasteiger partial charge >= 0.3 is 0 Å². The first-order valence-corrected chi connectivity index (χ1v) is 3.91. The molecular weight excluding hydrogens is 150 g/mol. The predicted octanol–water partition coefficient (Wildman–Crippen LogP) is 0.868. The Hall–Kier alpha value is -1.49. The molecule has 0 saturated heterocycles. The molecule has 1 rings (SSSR count). The Labute approximate surface area is 72.3 Å². The molecular formula is C10H11NO. The number of terminal acetylenes is 1. The molecule has 1 aliphatic rings. The number of rotatable bonds is 3. The Morgan fingerprint density at radius 1 is 1.50 bits per heavy atom. The maximum Gasteiger partial charge on any atom is 0.230 e. The number of hydrogen-bond acceptors (Lipinski definition) is 1. The van der Waals surface area contributed by atoms with Crippen LogP contribution in [-0.4, -0.2) is 12.5 Å². The summed E-state index contributed by atoms with van der Waals surface area (Å²) >= 11 is 0. The minimum atomic E-state index is -0.0947. The van der Waals surface area contributed by atoms with Gasteiger partial charge in [0.25, 0.3) is 0 Å². The van der Waals surface area contributed by atoms with Gasteiger partial charge < -0.3 is 5.32 Å². The zero-order valence-electron chi connectivity index (χ0n) is 6.79. The van der Waals surface area contributed by atoms with Gasteiger partial charge in [-0.15, -0.1) is 12.3 Å². The van der Waals surface area contributed by atoms with Crippen molar-refractivity contribution >= 4 is 5.91 Å². The maximum atomic E-state index is 11.2. The SMILES string of the molecule is C#CCCNC(=O)C1C=CC=C1. The van der Waals surface area contributed by atoms with Crippen LogP contribution in [0.4, 0.5) is 0 Å². The number of amides is 1. The second kappa shape index (κ2) is 4.40. The summed E-state index contributed by atoms with van der Waals surface area (Å²) in [4.78, 5) is 11.2. The molecule has 1 N–H and O–H groups in total. The van der Waals surface area contributed by atoms with Crippen LogP contribution >= 0.6 is 0 Å². The fraction of sp³-hybridized carbons (Fsp3) is 0.300. The van der Waals surface area contributed by atoms with Gasteiger partial charge in [-0.25, -0.2) is 0 Å². The normalized spacial score (nSPS) is 14.6. The molecule has 2 heteroatoms. The van der Waals surface area contributed by atoms with Gasteiger partial charge in [0.05, 0.1) is 5.92 Å². The van der Waals surface area contributed by atoms with Crippen LogP contribution in [0, 0.1) is 18.3 Å². The molecule has 0 atom stereocenters. The van der Waals surface area contributed by atoms with Gasteiger partial charge in [-0.05, 0) is 0 Å². The first-order chi connectivity index (χ1) is 5.84. The van der Waals surface area contributed by atoms with E-state index >= 15 is 0 Å². The molecule has 2 nitrogen and oxygen atoms in total. The van der Waals surface area contributed by atoms with Gasteiger partial charge in [0, 0.05) is 13.0 Å². The third kappa shape index (κ3) is 2.28. The Bertz CT molecular complexity index is 246. The number of carbonyl (C=O) groups excluding carboxylic acids is 1. The summed E-state index contributed by atoms with van der Waals surface area (Å²) in [5, 5.41) is 2.74. The van der Waals surface area contributed by atoms with Crippen molar-refractivity contribution < 1.29 is 4.79 Å². The third-order valence-electron chi connectivity index (χ3n) is 1.62. The van der Waals surface area contributed by atoms with E-state index in [0.717, 1.165) is 0 Å². The van der Waals surface area contributed by atoms with Crippen molar-refractivity contribution in [1.82, 2.24) is 5.32 Å². The van der Waals surface area contributed by atoms with E-state index in [4.69, 9.17) is 6.42 Å². The lowest BCUT2D eigenvalue weighted by molar-refractivity contribution is -0.122. The predicted molar refractivity (Wildman–Crippen MR) is 48.2 cm³/mol. The van der Waals surface area contributed by atoms with Gasteiger partial charge in [-0.2, -0.15) is 0 Å². The van der Waals surface area contributed by atoms with E-state index in [9.17, 15) is 4.79 Å². The summed E-state index contributed by atoms with van der Waals surface area (Å²) < 4.78 is 0. The fourth-order valence-corrected chi connectivity index (χ4v) is 0.982. The van der Waals surface area contributed by atoms with Crippen LogP contribution in [0.2, 0.25) is 0 Å². The average Bonchev–Trinajstić information content (AvgIpc) is 2.56. The van der Waals surface area contributed by atoms with Crippen molar-refractivity contribution in [2.24, 2.45) is 5.92 Å². The highest BCUT2D eigenvalue weighted by atomic mass is 16.1. The van der Waals surface area contributed by atoms with Gasteiger partial charge in [0.2, 0.25) is 5.91 Å². The van der Waals surface area contributed by atoms with Crippen LogP contribution in [0.5, 0.6) is 0 Å². The zero-order valence-corrected chi connectivity index (χ0v) is 6.79. The zero-order chi connectivity index (χ0) is 8.81. The second-order valence-electron chi connectivity index (χ2n) is 2.54. The van der Waals surface area contributed by atoms with E-state index in [1.54, 1.807) is 0 Å². The van der Waals surface area contributed by atoms with E-state index in [-0.39, 0.29) is 11.8 Å². The Morgan fingerprint density at radius 2 is 2.17 bits per heavy atom. The van der Waals surface area contributed by atoms with E-state index < -0.39 is 0 Å². The smallest absolute Gasteiger partial charge is 0.230 e. The second-order valence-corrected chi connectivity index (χ2v) is 2.54. The molecule has 0 bridgehead atoms. The minimum absolute atomic E-state index is 0.0234. The summed E-state index contributed by atoms with van der Waals surface area (Å²) in [5.74, 6) is 2.39. The molecule has 0 aliphatic heterocycles. The van der Waals surface area contributed by atoms with Gasteiger partial charge in [-0.1, -0.05) is 24.3 Å². The van der Waals surface area contributed by atoms with Gasteiger partial charge in [0.1, 0.15) is 0 Å². The first-order valence-electron chi connectivity index (χ1n) is 3.91. The Morgan fingerprint density at radius 3 is 2.75 bits per heavy atom. The van der Waals surface area contributed by atoms with Crippen LogP contribution in [0.15, 0.2) is 24.3 Å². The van der Waals surface area contributed by atoms with Crippen molar-refractivity contribution in [1.29, 1.82) is 0 Å². The van der Waals surface area contributed by atoms with Crippen molar-refractivity contribution in [3.05, 3.63) is 24.3 Å². The molecule has 0 aromatic heterocycles. The van der Waals surface area contributed by atoms with Crippen LogP contribution in [0.1, 0.15) is 6.42 Å². The highest BCUT2D eigenvalue weighted by Gasteiger charge is 2.12. The fourth-order valence-electron chi connectivity index (χ4n) is 0.982. The molecule has 0 unspecified atom stereocenters. The van der Waals surface area contributed by atoms with Crippen LogP contribution in [0.25, 0.3) is 0 Å². The minimum Gasteiger partial charge on any atom is -0.354 e. The molecule has 62 valence electrons. The van der Waals surface area contributed by atoms with Crippen LogP contribution in [0.3, 0.4) is 0 Å². The highest BCUT2D eigenvalue weighted by Crippen LogP contribution is 2.07. The summed E-state index contributed by atoms with van der Waals surface area (Å²) in [6.45, 7) is 0.563. The summed E-state index contributed by atoms with van der Waals surface area (Å²) in [6.07, 6.45) is 13.1. The lowest BCUT2D eigenvalue weighted by atomic mass is 10.1. The van der Waals surface area contributed by atoms with E-state index in [2.05, 4.69) is 11.2 Å². The van der Waals surface area contributed by atoms with E-state index in [1.165, 1.54) is 0 Å². The summed E-state index contributed by atoms with van der Waals surface area (Å²) in [5.41, 5.74) is 0. The average molecular weight is 161 g/mol. The number of allylic oxidation sites excluding steroid dienone is 2. The third-order valence-corrected chi connectivity index (χ3v) is 1.62. The van der Waals surface area contributed by atoms with Crippen LogP contribution in [-0.2, 0) is 4.79 Å². The van der Waals surface area contributed by atoms with Crippen molar-refractivity contribution in [3.63, 3.8) is 0 Å². The molecule has 0 spiro atoms. The van der Waals surface area contributed by atoms with Gasteiger partial charge in [0.15, 0.2) is 0 Å². The molecule has 0 saturated carbocycles. The lowest BCUT2D eigenvalue weighted by Crippen LogP contribution is -2.28.